The molecule has 0 heterocycles. The van der Waals surface area contributed by atoms with E-state index in [-0.39, 0.29) is 31.8 Å². The lowest BCUT2D eigenvalue weighted by molar-refractivity contribution is -0.173. The zero-order valence-electron chi connectivity index (χ0n) is 22.3. The molecule has 2 amide bonds. The number of carbonyl (C=O) groups excluding carboxylic acids is 2. The molecule has 0 aliphatic carbocycles. The topological polar surface area (TPSA) is 70.2 Å². The van der Waals surface area contributed by atoms with Gasteiger partial charge in [0.05, 0.1) is 0 Å². The summed E-state index contributed by atoms with van der Waals surface area (Å²) in [6, 6.07) is 0. The first-order valence-electron chi connectivity index (χ1n) is 13.9. The third-order valence-corrected chi connectivity index (χ3v) is 6.38. The molecule has 0 aromatic carbocycles. The molecule has 0 aliphatic rings. The molecule has 0 aromatic rings. The van der Waals surface area contributed by atoms with E-state index in [1.807, 2.05) is 0 Å². The van der Waals surface area contributed by atoms with Gasteiger partial charge in [-0.1, -0.05) is 84.0 Å². The number of hydrogen-bond donors (Lipinski definition) is 3. The SMILES string of the molecule is CCCCCCCCCCCCCCCNCCC(CCNC(=O)C(F)(F)F)CCNC(=O)C(F)(F)F. The third kappa shape index (κ3) is 22.2. The Morgan fingerprint density at radius 2 is 0.892 bits per heavy atom. The van der Waals surface area contributed by atoms with Crippen molar-refractivity contribution in [2.24, 2.45) is 5.92 Å². The van der Waals surface area contributed by atoms with Crippen LogP contribution in [0.25, 0.3) is 0 Å². The van der Waals surface area contributed by atoms with Crippen LogP contribution in [0.3, 0.4) is 0 Å². The summed E-state index contributed by atoms with van der Waals surface area (Å²) in [4.78, 5) is 21.9. The average molecular weight is 548 g/mol. The van der Waals surface area contributed by atoms with E-state index >= 15 is 0 Å². The second kappa shape index (κ2) is 21.4. The molecule has 0 fully saturated rings. The smallest absolute Gasteiger partial charge is 0.348 e. The van der Waals surface area contributed by atoms with Gasteiger partial charge in [0.25, 0.3) is 0 Å². The number of amides is 2. The molecule has 0 unspecified atom stereocenters. The fourth-order valence-corrected chi connectivity index (χ4v) is 4.11. The maximum atomic E-state index is 12.3. The number of hydrogen-bond acceptors (Lipinski definition) is 3. The lowest BCUT2D eigenvalue weighted by Crippen LogP contribution is -2.39. The van der Waals surface area contributed by atoms with Crippen LogP contribution >= 0.6 is 0 Å². The Morgan fingerprint density at radius 1 is 0.541 bits per heavy atom. The molecule has 0 saturated carbocycles. The lowest BCUT2D eigenvalue weighted by Gasteiger charge is -2.18. The maximum absolute atomic E-state index is 12.3. The highest BCUT2D eigenvalue weighted by Gasteiger charge is 2.39. The van der Waals surface area contributed by atoms with Gasteiger partial charge in [-0.15, -0.1) is 0 Å². The summed E-state index contributed by atoms with van der Waals surface area (Å²) < 4.78 is 73.9. The van der Waals surface area contributed by atoms with Crippen molar-refractivity contribution in [1.29, 1.82) is 0 Å². The molecule has 0 rings (SSSR count). The summed E-state index contributed by atoms with van der Waals surface area (Å²) in [5, 5.41) is 6.83. The van der Waals surface area contributed by atoms with Crippen molar-refractivity contribution < 1.29 is 35.9 Å². The Balaban J connectivity index is 3.95. The fourth-order valence-electron chi connectivity index (χ4n) is 4.11. The van der Waals surface area contributed by atoms with Gasteiger partial charge >= 0.3 is 24.2 Å². The van der Waals surface area contributed by atoms with Crippen molar-refractivity contribution in [3.05, 3.63) is 0 Å². The highest BCUT2D eigenvalue weighted by atomic mass is 19.4. The molecule has 11 heteroatoms. The fraction of sp³-hybridized carbons (Fsp3) is 0.923. The molecule has 5 nitrogen and oxygen atoms in total. The van der Waals surface area contributed by atoms with Crippen molar-refractivity contribution in [2.75, 3.05) is 26.2 Å². The molecule has 0 radical (unpaired) electrons. The van der Waals surface area contributed by atoms with Crippen LogP contribution in [0.2, 0.25) is 0 Å². The van der Waals surface area contributed by atoms with Gasteiger partial charge in [-0.05, 0) is 44.7 Å². The second-order valence-corrected chi connectivity index (χ2v) is 9.73. The van der Waals surface area contributed by atoms with E-state index in [0.29, 0.717) is 13.0 Å². The van der Waals surface area contributed by atoms with Crippen molar-refractivity contribution in [1.82, 2.24) is 16.0 Å². The molecule has 0 aliphatic heterocycles. The number of carbonyl (C=O) groups is 2. The van der Waals surface area contributed by atoms with E-state index in [1.54, 1.807) is 10.6 Å². The molecule has 0 aromatic heterocycles. The van der Waals surface area contributed by atoms with Crippen LogP contribution in [0.1, 0.15) is 110 Å². The van der Waals surface area contributed by atoms with Crippen molar-refractivity contribution in [2.45, 2.75) is 122 Å². The van der Waals surface area contributed by atoms with Gasteiger partial charge in [0.2, 0.25) is 0 Å². The van der Waals surface area contributed by atoms with Gasteiger partial charge in [-0.3, -0.25) is 9.59 Å². The first-order chi connectivity index (χ1) is 17.5. The Hall–Kier alpha value is -1.52. The first-order valence-corrected chi connectivity index (χ1v) is 13.9. The van der Waals surface area contributed by atoms with E-state index in [0.717, 1.165) is 19.4 Å². The quantitative estimate of drug-likeness (QED) is 0.0972. The zero-order valence-corrected chi connectivity index (χ0v) is 22.3. The van der Waals surface area contributed by atoms with Crippen LogP contribution in [-0.4, -0.2) is 50.3 Å². The Morgan fingerprint density at radius 3 is 1.27 bits per heavy atom. The Bertz CT molecular complexity index is 554. The first kappa shape index (κ1) is 35.5. The summed E-state index contributed by atoms with van der Waals surface area (Å²) in [6.07, 6.45) is 7.29. The van der Waals surface area contributed by atoms with Crippen LogP contribution in [0.4, 0.5) is 26.3 Å². The average Bonchev–Trinajstić information content (AvgIpc) is 2.82. The van der Waals surface area contributed by atoms with Gasteiger partial charge < -0.3 is 16.0 Å². The molecule has 3 N–H and O–H groups in total. The monoisotopic (exact) mass is 547 g/mol. The third-order valence-electron chi connectivity index (χ3n) is 6.38. The Kier molecular flexibility index (Phi) is 20.5. The second-order valence-electron chi connectivity index (χ2n) is 9.73. The molecule has 0 saturated heterocycles. The van der Waals surface area contributed by atoms with Gasteiger partial charge in [0.1, 0.15) is 0 Å². The van der Waals surface area contributed by atoms with E-state index in [9.17, 15) is 35.9 Å². The van der Waals surface area contributed by atoms with Crippen molar-refractivity contribution in [3.63, 3.8) is 0 Å². The van der Waals surface area contributed by atoms with E-state index in [1.165, 1.54) is 70.6 Å². The largest absolute Gasteiger partial charge is 0.471 e. The van der Waals surface area contributed by atoms with Gasteiger partial charge in [-0.25, -0.2) is 0 Å². The molecule has 0 bridgehead atoms. The van der Waals surface area contributed by atoms with Crippen LogP contribution in [0.15, 0.2) is 0 Å². The van der Waals surface area contributed by atoms with Crippen LogP contribution < -0.4 is 16.0 Å². The van der Waals surface area contributed by atoms with E-state index in [4.69, 9.17) is 0 Å². The van der Waals surface area contributed by atoms with E-state index < -0.39 is 24.2 Å². The van der Waals surface area contributed by atoms with Crippen LogP contribution in [0.5, 0.6) is 0 Å². The Labute approximate surface area is 218 Å². The predicted molar refractivity (Wildman–Crippen MR) is 134 cm³/mol. The van der Waals surface area contributed by atoms with Crippen LogP contribution in [-0.2, 0) is 9.59 Å². The molecule has 0 atom stereocenters. The minimum atomic E-state index is -4.98. The summed E-state index contributed by atoms with van der Waals surface area (Å²) in [6.45, 7) is 3.09. The molecule has 0 spiro atoms. The number of unbranched alkanes of at least 4 members (excludes halogenated alkanes) is 12. The minimum Gasteiger partial charge on any atom is -0.348 e. The van der Waals surface area contributed by atoms with Crippen LogP contribution in [0, 0.1) is 5.92 Å². The minimum absolute atomic E-state index is 0.171. The molecular formula is C26H47F6N3O2. The van der Waals surface area contributed by atoms with E-state index in [2.05, 4.69) is 12.2 Å². The summed E-state index contributed by atoms with van der Waals surface area (Å²) in [5.41, 5.74) is 0. The normalized spacial score (nSPS) is 12.2. The maximum Gasteiger partial charge on any atom is 0.471 e. The molecular weight excluding hydrogens is 500 g/mol. The van der Waals surface area contributed by atoms with Crippen molar-refractivity contribution in [3.8, 4) is 0 Å². The summed E-state index contributed by atoms with van der Waals surface area (Å²) >= 11 is 0. The standard InChI is InChI=1S/C26H47F6N3O2/c1-2-3-4-5-6-7-8-9-10-11-12-13-14-18-33-19-15-22(16-20-34-23(36)25(27,28)29)17-21-35-24(37)26(30,31)32/h22,33H,2-21H2,1H3,(H,34,36)(H,35,37). The number of alkyl halides is 6. The number of halogens is 6. The summed E-state index contributed by atoms with van der Waals surface area (Å²) in [7, 11) is 0. The van der Waals surface area contributed by atoms with Gasteiger partial charge in [-0.2, -0.15) is 26.3 Å². The predicted octanol–water partition coefficient (Wildman–Crippen LogP) is 6.81. The highest BCUT2D eigenvalue weighted by Crippen LogP contribution is 2.17. The number of nitrogens with one attached hydrogen (secondary N) is 3. The number of rotatable bonds is 23. The van der Waals surface area contributed by atoms with Gasteiger partial charge in [0.15, 0.2) is 0 Å². The summed E-state index contributed by atoms with van der Waals surface area (Å²) in [5.74, 6) is -4.34. The van der Waals surface area contributed by atoms with Crippen molar-refractivity contribution >= 4 is 11.8 Å². The molecule has 37 heavy (non-hydrogen) atoms. The molecule has 220 valence electrons. The highest BCUT2D eigenvalue weighted by molar-refractivity contribution is 5.81. The van der Waals surface area contributed by atoms with Gasteiger partial charge in [0, 0.05) is 13.1 Å². The lowest BCUT2D eigenvalue weighted by atomic mass is 9.97. The zero-order chi connectivity index (χ0) is 28.0.